The van der Waals surface area contributed by atoms with Gasteiger partial charge in [0.1, 0.15) is 0 Å². The first-order valence-electron chi connectivity index (χ1n) is 9.18. The molecule has 3 rings (SSSR count). The first-order valence-corrected chi connectivity index (χ1v) is 9.94. The molecule has 2 amide bonds. The molecule has 1 saturated heterocycles. The maximum atomic E-state index is 13.2. The number of hydrogen-bond acceptors (Lipinski definition) is 2. The molecule has 2 aromatic carbocycles. The highest BCUT2D eigenvalue weighted by atomic mass is 35.5. The maximum Gasteiger partial charge on any atom is 0.407 e. The van der Waals surface area contributed by atoms with E-state index in [4.69, 9.17) is 23.2 Å². The molecule has 1 aliphatic rings. The molecule has 0 unspecified atom stereocenters. The highest BCUT2D eigenvalue weighted by Crippen LogP contribution is 2.36. The Bertz CT molecular complexity index is 830. The molecule has 1 fully saturated rings. The fourth-order valence-electron chi connectivity index (χ4n) is 3.73. The summed E-state index contributed by atoms with van der Waals surface area (Å²) in [5, 5.41) is 13.4. The van der Waals surface area contributed by atoms with Gasteiger partial charge in [0, 0.05) is 29.7 Å². The Balaban J connectivity index is 1.74. The van der Waals surface area contributed by atoms with E-state index in [9.17, 15) is 14.7 Å². The van der Waals surface area contributed by atoms with Gasteiger partial charge in [-0.15, -0.1) is 0 Å². The van der Waals surface area contributed by atoms with Gasteiger partial charge in [0.15, 0.2) is 0 Å². The maximum absolute atomic E-state index is 13.2. The number of carbonyl (C=O) groups excluding carboxylic acids is 1. The molecule has 0 saturated carbocycles. The van der Waals surface area contributed by atoms with E-state index in [2.05, 4.69) is 5.32 Å². The first-order chi connectivity index (χ1) is 13.4. The van der Waals surface area contributed by atoms with Crippen LogP contribution in [0, 0.1) is 0 Å². The van der Waals surface area contributed by atoms with Crippen LogP contribution in [0.1, 0.15) is 24.0 Å². The van der Waals surface area contributed by atoms with Crippen molar-refractivity contribution in [2.75, 3.05) is 19.6 Å². The van der Waals surface area contributed by atoms with Gasteiger partial charge < -0.3 is 15.3 Å². The number of benzene rings is 2. The van der Waals surface area contributed by atoms with E-state index in [0.29, 0.717) is 48.9 Å². The summed E-state index contributed by atoms with van der Waals surface area (Å²) in [4.78, 5) is 25.8. The van der Waals surface area contributed by atoms with E-state index in [1.165, 1.54) is 4.90 Å². The normalized spacial score (nSPS) is 15.9. The van der Waals surface area contributed by atoms with Crippen molar-refractivity contribution < 1.29 is 14.7 Å². The Hall–Kier alpha value is -2.24. The lowest BCUT2D eigenvalue weighted by molar-refractivity contribution is -0.128. The van der Waals surface area contributed by atoms with Crippen LogP contribution in [-0.4, -0.2) is 41.6 Å². The van der Waals surface area contributed by atoms with E-state index in [1.807, 2.05) is 30.3 Å². The zero-order valence-corrected chi connectivity index (χ0v) is 16.8. The number of piperidine rings is 1. The Labute approximate surface area is 174 Å². The molecule has 0 atom stereocenters. The Morgan fingerprint density at radius 2 is 1.61 bits per heavy atom. The molecule has 1 aliphatic heterocycles. The van der Waals surface area contributed by atoms with Gasteiger partial charge in [-0.3, -0.25) is 4.79 Å². The third kappa shape index (κ3) is 4.26. The lowest BCUT2D eigenvalue weighted by Crippen LogP contribution is -2.52. The van der Waals surface area contributed by atoms with Crippen molar-refractivity contribution >= 4 is 35.2 Å². The second kappa shape index (κ2) is 8.84. The van der Waals surface area contributed by atoms with E-state index in [-0.39, 0.29) is 5.91 Å². The Morgan fingerprint density at radius 3 is 2.18 bits per heavy atom. The van der Waals surface area contributed by atoms with E-state index in [1.54, 1.807) is 18.2 Å². The average Bonchev–Trinajstić information content (AvgIpc) is 2.70. The summed E-state index contributed by atoms with van der Waals surface area (Å²) >= 11 is 12.4. The van der Waals surface area contributed by atoms with Crippen molar-refractivity contribution in [3.05, 3.63) is 69.7 Å². The molecule has 28 heavy (non-hydrogen) atoms. The molecule has 0 spiro atoms. The number of halogens is 2. The summed E-state index contributed by atoms with van der Waals surface area (Å²) in [7, 11) is 0. The molecule has 2 aromatic rings. The van der Waals surface area contributed by atoms with Crippen LogP contribution < -0.4 is 5.32 Å². The molecule has 0 radical (unpaired) electrons. The molecule has 0 bridgehead atoms. The van der Waals surface area contributed by atoms with Crippen molar-refractivity contribution in [3.63, 3.8) is 0 Å². The van der Waals surface area contributed by atoms with Crippen molar-refractivity contribution in [1.29, 1.82) is 0 Å². The first kappa shape index (κ1) is 20.5. The molecule has 0 aliphatic carbocycles. The minimum Gasteiger partial charge on any atom is -0.465 e. The van der Waals surface area contributed by atoms with Crippen molar-refractivity contribution in [3.8, 4) is 0 Å². The number of carboxylic acid groups (broad SMARTS) is 1. The lowest BCUT2D eigenvalue weighted by atomic mass is 9.72. The van der Waals surface area contributed by atoms with Gasteiger partial charge in [0.2, 0.25) is 5.91 Å². The Kier molecular flexibility index (Phi) is 6.47. The monoisotopic (exact) mass is 420 g/mol. The highest BCUT2D eigenvalue weighted by molar-refractivity contribution is 6.36. The standard InChI is InChI=1S/C21H22Cl2N2O3/c22-17-7-4-8-18(23)16(17)9-12-24-19(26)21(15-5-2-1-3-6-15)10-13-25(14-11-21)20(27)28/h1-8H,9-14H2,(H,24,26)(H,27,28). The topological polar surface area (TPSA) is 69.6 Å². The summed E-state index contributed by atoms with van der Waals surface area (Å²) in [5.74, 6) is -0.0908. The van der Waals surface area contributed by atoms with Crippen LogP contribution in [0.5, 0.6) is 0 Å². The quantitative estimate of drug-likeness (QED) is 0.754. The van der Waals surface area contributed by atoms with Crippen LogP contribution in [0.3, 0.4) is 0 Å². The molecule has 148 valence electrons. The zero-order chi connectivity index (χ0) is 20.1. The number of amides is 2. The predicted octanol–water partition coefficient (Wildman–Crippen LogP) is 4.36. The van der Waals surface area contributed by atoms with Crippen molar-refractivity contribution in [2.24, 2.45) is 0 Å². The van der Waals surface area contributed by atoms with Gasteiger partial charge >= 0.3 is 6.09 Å². The van der Waals surface area contributed by atoms with Gasteiger partial charge in [-0.05, 0) is 42.5 Å². The number of nitrogens with zero attached hydrogens (tertiary/aromatic N) is 1. The third-order valence-electron chi connectivity index (χ3n) is 5.37. The molecule has 1 heterocycles. The molecular formula is C21H22Cl2N2O3. The average molecular weight is 421 g/mol. The van der Waals surface area contributed by atoms with Crippen LogP contribution >= 0.6 is 23.2 Å². The van der Waals surface area contributed by atoms with Crippen molar-refractivity contribution in [1.82, 2.24) is 10.2 Å². The number of likely N-dealkylation sites (tertiary alicyclic amines) is 1. The SMILES string of the molecule is O=C(O)N1CCC(C(=O)NCCc2c(Cl)cccc2Cl)(c2ccccc2)CC1. The van der Waals surface area contributed by atoms with Crippen molar-refractivity contribution in [2.45, 2.75) is 24.7 Å². The summed E-state index contributed by atoms with van der Waals surface area (Å²) in [5.41, 5.74) is 0.978. The zero-order valence-electron chi connectivity index (χ0n) is 15.3. The molecule has 5 nitrogen and oxygen atoms in total. The third-order valence-corrected chi connectivity index (χ3v) is 6.08. The number of nitrogens with one attached hydrogen (secondary N) is 1. The molecule has 0 aromatic heterocycles. The predicted molar refractivity (Wildman–Crippen MR) is 110 cm³/mol. The van der Waals surface area contributed by atoms with Crippen LogP contribution in [-0.2, 0) is 16.6 Å². The Morgan fingerprint density at radius 1 is 1.00 bits per heavy atom. The summed E-state index contributed by atoms with van der Waals surface area (Å²) < 4.78 is 0. The largest absolute Gasteiger partial charge is 0.465 e. The minimum atomic E-state index is -0.949. The summed E-state index contributed by atoms with van der Waals surface area (Å²) in [6.07, 6.45) is 0.468. The number of rotatable bonds is 5. The molecular weight excluding hydrogens is 399 g/mol. The van der Waals surface area contributed by atoms with Gasteiger partial charge in [-0.25, -0.2) is 4.79 Å². The van der Waals surface area contributed by atoms with Crippen LogP contribution in [0.25, 0.3) is 0 Å². The van der Waals surface area contributed by atoms with Gasteiger partial charge in [-0.2, -0.15) is 0 Å². The lowest BCUT2D eigenvalue weighted by Gasteiger charge is -2.40. The second-order valence-corrected chi connectivity index (χ2v) is 7.74. The smallest absolute Gasteiger partial charge is 0.407 e. The van der Waals surface area contributed by atoms with Gasteiger partial charge in [0.25, 0.3) is 0 Å². The number of carbonyl (C=O) groups is 2. The van der Waals surface area contributed by atoms with E-state index < -0.39 is 11.5 Å². The number of hydrogen-bond donors (Lipinski definition) is 2. The van der Waals surface area contributed by atoms with Gasteiger partial charge in [0.05, 0.1) is 5.41 Å². The van der Waals surface area contributed by atoms with Gasteiger partial charge in [-0.1, -0.05) is 59.6 Å². The fraction of sp³-hybridized carbons (Fsp3) is 0.333. The van der Waals surface area contributed by atoms with E-state index in [0.717, 1.165) is 11.1 Å². The van der Waals surface area contributed by atoms with Crippen LogP contribution in [0.4, 0.5) is 4.79 Å². The minimum absolute atomic E-state index is 0.0908. The second-order valence-electron chi connectivity index (χ2n) is 6.92. The van der Waals surface area contributed by atoms with Crippen LogP contribution in [0.15, 0.2) is 48.5 Å². The van der Waals surface area contributed by atoms with Crippen LogP contribution in [0.2, 0.25) is 10.0 Å². The summed E-state index contributed by atoms with van der Waals surface area (Å²) in [6.45, 7) is 1.06. The highest BCUT2D eigenvalue weighted by Gasteiger charge is 2.43. The van der Waals surface area contributed by atoms with E-state index >= 15 is 0 Å². The summed E-state index contributed by atoms with van der Waals surface area (Å²) in [6, 6.07) is 14.9. The molecule has 7 heteroatoms. The molecule has 2 N–H and O–H groups in total. The fourth-order valence-corrected chi connectivity index (χ4v) is 4.31.